The molecule has 0 N–H and O–H groups in total. The van der Waals surface area contributed by atoms with E-state index in [0.717, 1.165) is 12.3 Å². The molecule has 1 saturated carbocycles. The summed E-state index contributed by atoms with van der Waals surface area (Å²) in [6.45, 7) is 3.28. The second kappa shape index (κ2) is 3.36. The van der Waals surface area contributed by atoms with Crippen LogP contribution in [0, 0.1) is 11.8 Å². The lowest BCUT2D eigenvalue weighted by molar-refractivity contribution is -0.125. The van der Waals surface area contributed by atoms with Crippen LogP contribution in [0.3, 0.4) is 0 Å². The Labute approximate surface area is 91.3 Å². The van der Waals surface area contributed by atoms with Crippen LogP contribution in [0.15, 0.2) is 11.8 Å². The lowest BCUT2D eigenvalue weighted by Crippen LogP contribution is -2.54. The Morgan fingerprint density at radius 3 is 2.93 bits per heavy atom. The molecule has 1 saturated heterocycles. The van der Waals surface area contributed by atoms with Crippen LogP contribution in [-0.4, -0.2) is 23.3 Å². The quantitative estimate of drug-likeness (QED) is 0.605. The number of carbonyl (C=O) groups is 1. The third-order valence-corrected chi connectivity index (χ3v) is 4.49. The molecule has 3 atom stereocenters. The normalized spacial score (nSPS) is 39.8. The summed E-state index contributed by atoms with van der Waals surface area (Å²) in [6, 6.07) is 0.560. The third-order valence-electron chi connectivity index (χ3n) is 4.49. The number of hydrogen-bond acceptors (Lipinski definition) is 2. The lowest BCUT2D eigenvalue weighted by atomic mass is 9.69. The molecule has 1 unspecified atom stereocenters. The molecule has 3 rings (SSSR count). The van der Waals surface area contributed by atoms with Crippen molar-refractivity contribution in [3.05, 3.63) is 11.8 Å². The molecular formula is C13H19NO. The number of hydrogen-bond donors (Lipinski definition) is 0. The standard InChI is InChI=1S/C13H19NO/c1-9-8-12(15)11-6-2-4-10-5-3-7-14(9)13(10)11/h8,10-11,13H,2-7H2,1H3/t10-,11+,13?/m0/s1. The zero-order chi connectivity index (χ0) is 10.4. The fraction of sp³-hybridized carbons (Fsp3) is 0.769. The number of piperidine rings is 1. The molecule has 2 heteroatoms. The summed E-state index contributed by atoms with van der Waals surface area (Å²) >= 11 is 0. The first-order valence-electron chi connectivity index (χ1n) is 6.26. The van der Waals surface area contributed by atoms with Gasteiger partial charge in [0.25, 0.3) is 0 Å². The molecule has 1 aliphatic carbocycles. The highest BCUT2D eigenvalue weighted by atomic mass is 16.1. The van der Waals surface area contributed by atoms with Crippen molar-refractivity contribution < 1.29 is 4.79 Å². The highest BCUT2D eigenvalue weighted by molar-refractivity contribution is 5.93. The molecule has 2 heterocycles. The van der Waals surface area contributed by atoms with Gasteiger partial charge in [-0.1, -0.05) is 6.42 Å². The van der Waals surface area contributed by atoms with Crippen molar-refractivity contribution in [2.24, 2.45) is 11.8 Å². The minimum absolute atomic E-state index is 0.327. The second-order valence-electron chi connectivity index (χ2n) is 5.31. The first kappa shape index (κ1) is 9.44. The van der Waals surface area contributed by atoms with Crippen LogP contribution >= 0.6 is 0 Å². The highest BCUT2D eigenvalue weighted by Crippen LogP contribution is 2.42. The summed E-state index contributed by atoms with van der Waals surface area (Å²) < 4.78 is 0. The summed E-state index contributed by atoms with van der Waals surface area (Å²) in [6.07, 6.45) is 8.27. The van der Waals surface area contributed by atoms with Crippen LogP contribution in [0.1, 0.15) is 39.0 Å². The molecule has 0 aromatic carbocycles. The maximum Gasteiger partial charge on any atom is 0.162 e. The first-order valence-corrected chi connectivity index (χ1v) is 6.26. The van der Waals surface area contributed by atoms with Gasteiger partial charge in [0.2, 0.25) is 0 Å². The SMILES string of the molecule is CC1=CC(=O)[C@H]2CCC[C@H]3CCCN1C32. The van der Waals surface area contributed by atoms with Crippen LogP contribution < -0.4 is 0 Å². The fourth-order valence-corrected chi connectivity index (χ4v) is 3.85. The Kier molecular flexibility index (Phi) is 2.11. The molecule has 82 valence electrons. The van der Waals surface area contributed by atoms with Crippen LogP contribution in [-0.2, 0) is 4.79 Å². The lowest BCUT2D eigenvalue weighted by Gasteiger charge is -2.51. The van der Waals surface area contributed by atoms with Crippen LogP contribution in [0.4, 0.5) is 0 Å². The topological polar surface area (TPSA) is 20.3 Å². The number of nitrogens with zero attached hydrogens (tertiary/aromatic N) is 1. The van der Waals surface area contributed by atoms with Crippen molar-refractivity contribution in [2.45, 2.75) is 45.1 Å². The molecule has 0 aromatic heterocycles. The van der Waals surface area contributed by atoms with E-state index in [4.69, 9.17) is 0 Å². The van der Waals surface area contributed by atoms with E-state index >= 15 is 0 Å². The zero-order valence-corrected chi connectivity index (χ0v) is 9.41. The van der Waals surface area contributed by atoms with Gasteiger partial charge in [-0.3, -0.25) is 4.79 Å². The summed E-state index contributed by atoms with van der Waals surface area (Å²) in [5, 5.41) is 0. The summed E-state index contributed by atoms with van der Waals surface area (Å²) in [5.74, 6) is 1.53. The molecular weight excluding hydrogens is 186 g/mol. The molecule has 0 bridgehead atoms. The minimum atomic E-state index is 0.327. The van der Waals surface area contributed by atoms with E-state index in [9.17, 15) is 4.79 Å². The first-order chi connectivity index (χ1) is 7.27. The molecule has 3 aliphatic rings. The Bertz CT molecular complexity index is 318. The minimum Gasteiger partial charge on any atom is -0.371 e. The molecule has 0 radical (unpaired) electrons. The average Bonchev–Trinajstić information content (AvgIpc) is 2.25. The van der Waals surface area contributed by atoms with Gasteiger partial charge in [0.1, 0.15) is 0 Å². The van der Waals surface area contributed by atoms with Gasteiger partial charge in [0.15, 0.2) is 5.78 Å². The molecule has 2 fully saturated rings. The van der Waals surface area contributed by atoms with E-state index in [1.807, 2.05) is 6.08 Å². The fourth-order valence-electron chi connectivity index (χ4n) is 3.85. The average molecular weight is 205 g/mol. The maximum atomic E-state index is 12.0. The summed E-state index contributed by atoms with van der Waals surface area (Å²) in [5.41, 5.74) is 1.22. The zero-order valence-electron chi connectivity index (χ0n) is 9.41. The monoisotopic (exact) mass is 205 g/mol. The predicted molar refractivity (Wildman–Crippen MR) is 59.3 cm³/mol. The molecule has 0 spiro atoms. The smallest absolute Gasteiger partial charge is 0.162 e. The van der Waals surface area contributed by atoms with Crippen LogP contribution in [0.25, 0.3) is 0 Å². The van der Waals surface area contributed by atoms with Crippen molar-refractivity contribution >= 4 is 5.78 Å². The molecule has 2 nitrogen and oxygen atoms in total. The van der Waals surface area contributed by atoms with Crippen molar-refractivity contribution in [1.82, 2.24) is 4.90 Å². The van der Waals surface area contributed by atoms with Crippen LogP contribution in [0.2, 0.25) is 0 Å². The molecule has 15 heavy (non-hydrogen) atoms. The summed E-state index contributed by atoms with van der Waals surface area (Å²) in [4.78, 5) is 14.5. The number of allylic oxidation sites excluding steroid dienone is 2. The molecule has 0 amide bonds. The highest BCUT2D eigenvalue weighted by Gasteiger charge is 2.44. The second-order valence-corrected chi connectivity index (χ2v) is 5.31. The number of ketones is 1. The van der Waals surface area contributed by atoms with Gasteiger partial charge in [-0.05, 0) is 38.5 Å². The Balaban J connectivity index is 1.99. The number of rotatable bonds is 0. The van der Waals surface area contributed by atoms with Crippen molar-refractivity contribution in [3.8, 4) is 0 Å². The Morgan fingerprint density at radius 2 is 2.07 bits per heavy atom. The van der Waals surface area contributed by atoms with E-state index in [-0.39, 0.29) is 0 Å². The van der Waals surface area contributed by atoms with Crippen LogP contribution in [0.5, 0.6) is 0 Å². The van der Waals surface area contributed by atoms with Gasteiger partial charge in [-0.25, -0.2) is 0 Å². The van der Waals surface area contributed by atoms with Crippen molar-refractivity contribution in [3.63, 3.8) is 0 Å². The third kappa shape index (κ3) is 1.34. The molecule has 2 aliphatic heterocycles. The van der Waals surface area contributed by atoms with Gasteiger partial charge in [0, 0.05) is 30.3 Å². The molecule has 0 aromatic rings. The van der Waals surface area contributed by atoms with Gasteiger partial charge >= 0.3 is 0 Å². The van der Waals surface area contributed by atoms with E-state index in [0.29, 0.717) is 17.7 Å². The predicted octanol–water partition coefficient (Wildman–Crippen LogP) is 2.35. The van der Waals surface area contributed by atoms with Crippen molar-refractivity contribution in [1.29, 1.82) is 0 Å². The maximum absolute atomic E-state index is 12.0. The van der Waals surface area contributed by atoms with Gasteiger partial charge in [0.05, 0.1) is 0 Å². The largest absolute Gasteiger partial charge is 0.371 e. The van der Waals surface area contributed by atoms with E-state index in [2.05, 4.69) is 11.8 Å². The number of carbonyl (C=O) groups excluding carboxylic acids is 1. The van der Waals surface area contributed by atoms with Crippen molar-refractivity contribution in [2.75, 3.05) is 6.54 Å². The van der Waals surface area contributed by atoms with E-state index < -0.39 is 0 Å². The Morgan fingerprint density at radius 1 is 1.27 bits per heavy atom. The van der Waals surface area contributed by atoms with E-state index in [1.54, 1.807) is 0 Å². The van der Waals surface area contributed by atoms with Gasteiger partial charge < -0.3 is 4.90 Å². The Hall–Kier alpha value is -0.790. The summed E-state index contributed by atoms with van der Waals surface area (Å²) in [7, 11) is 0. The van der Waals surface area contributed by atoms with Gasteiger partial charge in [-0.15, -0.1) is 0 Å². The van der Waals surface area contributed by atoms with Gasteiger partial charge in [-0.2, -0.15) is 0 Å². The van der Waals surface area contributed by atoms with E-state index in [1.165, 1.54) is 37.9 Å².